The van der Waals surface area contributed by atoms with E-state index in [1.807, 2.05) is 0 Å². The zero-order valence-corrected chi connectivity index (χ0v) is 9.98. The van der Waals surface area contributed by atoms with Crippen molar-refractivity contribution in [2.45, 2.75) is 13.8 Å². The molecule has 0 radical (unpaired) electrons. The molecule has 2 heterocycles. The number of H-pyrrole nitrogens is 1. The Morgan fingerprint density at radius 3 is 2.75 bits per heavy atom. The number of fused-ring (bicyclic) bond motifs is 1. The van der Waals surface area contributed by atoms with Crippen molar-refractivity contribution in [3.05, 3.63) is 12.5 Å². The predicted octanol–water partition coefficient (Wildman–Crippen LogP) is 0.949. The fraction of sp³-hybridized carbons (Fsp3) is 0.500. The highest BCUT2D eigenvalue weighted by atomic mass is 31.2. The van der Waals surface area contributed by atoms with Gasteiger partial charge in [-0.1, -0.05) is 0 Å². The number of aromatic amines is 1. The molecule has 0 fully saturated rings. The minimum Gasteiger partial charge on any atom is -0.304 e. The summed E-state index contributed by atoms with van der Waals surface area (Å²) >= 11 is 0. The highest BCUT2D eigenvalue weighted by Gasteiger charge is 2.31. The van der Waals surface area contributed by atoms with Gasteiger partial charge < -0.3 is 9.05 Å². The summed E-state index contributed by atoms with van der Waals surface area (Å²) < 4.78 is 24.4. The Balaban J connectivity index is 2.48. The van der Waals surface area contributed by atoms with Crippen molar-refractivity contribution in [2.75, 3.05) is 13.2 Å². The molecule has 2 aromatic rings. The fourth-order valence-electron chi connectivity index (χ4n) is 1.40. The van der Waals surface area contributed by atoms with Crippen LogP contribution in [-0.2, 0) is 13.6 Å². The van der Waals surface area contributed by atoms with E-state index in [4.69, 9.17) is 9.05 Å². The number of imidazole rings is 1. The van der Waals surface area contributed by atoms with Gasteiger partial charge in [-0.25, -0.2) is 10.1 Å². The van der Waals surface area contributed by atoms with Gasteiger partial charge in [0, 0.05) is 0 Å². The first kappa shape index (κ1) is 11.3. The number of nitrogens with one attached hydrogen (secondary N) is 1. The molecule has 0 atom stereocenters. The van der Waals surface area contributed by atoms with E-state index < -0.39 is 7.60 Å². The highest BCUT2D eigenvalue weighted by Crippen LogP contribution is 2.46. The minimum atomic E-state index is -3.30. The Labute approximate surface area is 92.3 Å². The van der Waals surface area contributed by atoms with Gasteiger partial charge in [0.1, 0.15) is 6.33 Å². The molecule has 2 rings (SSSR count). The quantitative estimate of drug-likeness (QED) is 0.792. The second kappa shape index (κ2) is 4.37. The van der Waals surface area contributed by atoms with Crippen molar-refractivity contribution in [3.63, 3.8) is 0 Å². The Bertz CT molecular complexity index is 510. The van der Waals surface area contributed by atoms with Gasteiger partial charge in [-0.3, -0.25) is 8.97 Å². The molecule has 0 aliphatic heterocycles. The van der Waals surface area contributed by atoms with Crippen LogP contribution in [0, 0.1) is 0 Å². The lowest BCUT2D eigenvalue weighted by molar-refractivity contribution is 0.229. The van der Waals surface area contributed by atoms with E-state index in [-0.39, 0.29) is 0 Å². The largest absolute Gasteiger partial charge is 0.379 e. The van der Waals surface area contributed by atoms with Gasteiger partial charge in [-0.15, -0.1) is 0 Å². The Kier molecular flexibility index (Phi) is 3.09. The molecule has 7 nitrogen and oxygen atoms in total. The number of rotatable bonds is 5. The topological polar surface area (TPSA) is 81.5 Å². The Hall–Kier alpha value is -1.17. The van der Waals surface area contributed by atoms with Crippen LogP contribution in [0.5, 0.6) is 0 Å². The smallest absolute Gasteiger partial charge is 0.304 e. The third-order valence-corrected chi connectivity index (χ3v) is 4.08. The van der Waals surface area contributed by atoms with E-state index in [0.29, 0.717) is 24.4 Å². The molecule has 0 aliphatic carbocycles. The van der Waals surface area contributed by atoms with Crippen molar-refractivity contribution in [3.8, 4) is 0 Å². The lowest BCUT2D eigenvalue weighted by Gasteiger charge is -2.15. The molecular weight excluding hydrogens is 231 g/mol. The summed E-state index contributed by atoms with van der Waals surface area (Å²) in [6, 6.07) is 0. The molecule has 0 spiro atoms. The SMILES string of the molecule is CCOP(=O)(OCC)c1cnc2[nH]ncn12. The maximum absolute atomic E-state index is 12.4. The highest BCUT2D eigenvalue weighted by molar-refractivity contribution is 7.62. The van der Waals surface area contributed by atoms with Gasteiger partial charge in [0.2, 0.25) is 5.78 Å². The zero-order valence-electron chi connectivity index (χ0n) is 9.08. The van der Waals surface area contributed by atoms with Crippen molar-refractivity contribution in [1.29, 1.82) is 0 Å². The van der Waals surface area contributed by atoms with Crippen LogP contribution >= 0.6 is 7.60 Å². The molecule has 2 aromatic heterocycles. The molecule has 0 amide bonds. The van der Waals surface area contributed by atoms with Gasteiger partial charge in [-0.05, 0) is 13.8 Å². The van der Waals surface area contributed by atoms with Crippen molar-refractivity contribution in [2.24, 2.45) is 0 Å². The maximum atomic E-state index is 12.4. The summed E-state index contributed by atoms with van der Waals surface area (Å²) in [5.41, 5.74) is 0.389. The molecule has 0 saturated heterocycles. The van der Waals surface area contributed by atoms with E-state index in [1.54, 1.807) is 18.2 Å². The monoisotopic (exact) mass is 244 g/mol. The number of hydrogen-bond donors (Lipinski definition) is 1. The molecule has 8 heteroatoms. The normalized spacial score (nSPS) is 12.4. The first-order chi connectivity index (χ1) is 7.71. The Morgan fingerprint density at radius 2 is 2.12 bits per heavy atom. The van der Waals surface area contributed by atoms with Crippen LogP contribution in [0.15, 0.2) is 12.5 Å². The summed E-state index contributed by atoms with van der Waals surface area (Å²) in [5.74, 6) is 0.509. The first-order valence-electron chi connectivity index (χ1n) is 4.97. The maximum Gasteiger partial charge on any atom is 0.379 e. The van der Waals surface area contributed by atoms with Gasteiger partial charge in [0.15, 0.2) is 5.44 Å². The number of hydrogen-bond acceptors (Lipinski definition) is 5. The minimum absolute atomic E-state index is 0.308. The van der Waals surface area contributed by atoms with Crippen LogP contribution in [0.4, 0.5) is 0 Å². The van der Waals surface area contributed by atoms with Crippen molar-refractivity contribution in [1.82, 2.24) is 19.6 Å². The van der Waals surface area contributed by atoms with Crippen LogP contribution in [-0.4, -0.2) is 32.8 Å². The molecule has 16 heavy (non-hydrogen) atoms. The van der Waals surface area contributed by atoms with E-state index in [1.165, 1.54) is 12.5 Å². The summed E-state index contributed by atoms with van der Waals surface area (Å²) in [5, 5.41) is 6.46. The Morgan fingerprint density at radius 1 is 1.44 bits per heavy atom. The molecular formula is C8H13N4O3P. The van der Waals surface area contributed by atoms with Crippen molar-refractivity contribution >= 4 is 18.8 Å². The lowest BCUT2D eigenvalue weighted by Crippen LogP contribution is -2.14. The van der Waals surface area contributed by atoms with Gasteiger partial charge in [-0.2, -0.15) is 5.10 Å². The van der Waals surface area contributed by atoms with E-state index in [9.17, 15) is 4.57 Å². The molecule has 1 N–H and O–H groups in total. The van der Waals surface area contributed by atoms with Crippen LogP contribution < -0.4 is 5.44 Å². The van der Waals surface area contributed by atoms with E-state index >= 15 is 0 Å². The standard InChI is InChI=1S/C8H13N4O3P/c1-3-14-16(13,15-4-2)7-5-9-8-11-10-6-12(7)8/h5-6H,3-4H2,1-2H3,(H,9,11). The van der Waals surface area contributed by atoms with Crippen LogP contribution in [0.25, 0.3) is 5.78 Å². The van der Waals surface area contributed by atoms with Crippen LogP contribution in [0.1, 0.15) is 13.8 Å². The van der Waals surface area contributed by atoms with Gasteiger partial charge in [0.05, 0.1) is 19.4 Å². The van der Waals surface area contributed by atoms with E-state index in [0.717, 1.165) is 0 Å². The lowest BCUT2D eigenvalue weighted by atomic mass is 10.9. The third kappa shape index (κ3) is 1.77. The second-order valence-corrected chi connectivity index (χ2v) is 4.97. The van der Waals surface area contributed by atoms with Crippen LogP contribution in [0.3, 0.4) is 0 Å². The first-order valence-corrected chi connectivity index (χ1v) is 6.51. The zero-order chi connectivity index (χ0) is 11.6. The molecule has 0 aromatic carbocycles. The molecule has 0 saturated carbocycles. The third-order valence-electron chi connectivity index (χ3n) is 1.99. The average molecular weight is 244 g/mol. The second-order valence-electron chi connectivity index (χ2n) is 3.00. The molecule has 0 unspecified atom stereocenters. The molecule has 0 aliphatic rings. The average Bonchev–Trinajstić information content (AvgIpc) is 2.78. The summed E-state index contributed by atoms with van der Waals surface area (Å²) in [6.07, 6.45) is 2.96. The van der Waals surface area contributed by atoms with Gasteiger partial charge in [0.25, 0.3) is 0 Å². The summed E-state index contributed by atoms with van der Waals surface area (Å²) in [4.78, 5) is 4.02. The van der Waals surface area contributed by atoms with E-state index in [2.05, 4.69) is 15.2 Å². The molecule has 0 bridgehead atoms. The number of aromatic nitrogens is 4. The summed E-state index contributed by atoms with van der Waals surface area (Å²) in [6.45, 7) is 4.14. The van der Waals surface area contributed by atoms with Crippen LogP contribution in [0.2, 0.25) is 0 Å². The fourth-order valence-corrected chi connectivity index (χ4v) is 3.03. The van der Waals surface area contributed by atoms with Gasteiger partial charge >= 0.3 is 7.60 Å². The predicted molar refractivity (Wildman–Crippen MR) is 57.8 cm³/mol. The molecule has 88 valence electrons. The van der Waals surface area contributed by atoms with Crippen molar-refractivity contribution < 1.29 is 13.6 Å². The summed E-state index contributed by atoms with van der Waals surface area (Å²) in [7, 11) is -3.30. The number of nitrogens with zero attached hydrogens (tertiary/aromatic N) is 3.